The Morgan fingerprint density at radius 1 is 0.958 bits per heavy atom. The number of amides is 1. The number of nitrogens with zero attached hydrogens (tertiary/aromatic N) is 2. The molecule has 12 heteroatoms. The smallest absolute Gasteiger partial charge is 0.293 e. The van der Waals surface area contributed by atoms with E-state index >= 15 is 0 Å². The van der Waals surface area contributed by atoms with Crippen molar-refractivity contribution in [3.8, 4) is 0 Å². The quantitative estimate of drug-likeness (QED) is 0.0873. The van der Waals surface area contributed by atoms with Gasteiger partial charge in [0.1, 0.15) is 5.69 Å². The Labute approximate surface area is 286 Å². The monoisotopic (exact) mass is 688 g/mol. The Kier molecular flexibility index (Phi) is 10.8. The molecule has 5 rings (SSSR count). The molecule has 4 aromatic rings. The molecule has 0 radical (unpaired) electrons. The van der Waals surface area contributed by atoms with E-state index in [4.69, 9.17) is 4.74 Å². The first-order valence-corrected chi connectivity index (χ1v) is 18.1. The second kappa shape index (κ2) is 14.8. The predicted molar refractivity (Wildman–Crippen MR) is 190 cm³/mol. The third-order valence-electron chi connectivity index (χ3n) is 8.49. The largest absolute Gasteiger partial charge is 0.378 e. The molecule has 0 saturated carbocycles. The summed E-state index contributed by atoms with van der Waals surface area (Å²) in [5, 5.41) is 15.2. The van der Waals surface area contributed by atoms with Gasteiger partial charge in [0.25, 0.3) is 21.6 Å². The van der Waals surface area contributed by atoms with Gasteiger partial charge in [0.05, 0.1) is 15.4 Å². The molecule has 10 nitrogen and oxygen atoms in total. The number of methoxy groups -OCH3 is 1. The van der Waals surface area contributed by atoms with Crippen LogP contribution < -0.4 is 14.9 Å². The number of nitro benzene ring substituents is 1. The zero-order valence-electron chi connectivity index (χ0n) is 27.2. The molecule has 1 heterocycles. The highest BCUT2D eigenvalue weighted by atomic mass is 32.2. The molecule has 252 valence electrons. The molecule has 0 aliphatic carbocycles. The third kappa shape index (κ3) is 8.74. The molecule has 1 aliphatic heterocycles. The summed E-state index contributed by atoms with van der Waals surface area (Å²) in [5.41, 5.74) is 1.28. The number of nitrogens with one attached hydrogen (secondary N) is 2. The van der Waals surface area contributed by atoms with Gasteiger partial charge in [-0.25, -0.2) is 13.1 Å². The Morgan fingerprint density at radius 2 is 1.58 bits per heavy atom. The molecule has 4 aromatic carbocycles. The van der Waals surface area contributed by atoms with Gasteiger partial charge in [-0.15, -0.1) is 11.8 Å². The summed E-state index contributed by atoms with van der Waals surface area (Å²) in [4.78, 5) is 27.2. The number of carbonyl (C=O) groups is 1. The van der Waals surface area contributed by atoms with Gasteiger partial charge in [0, 0.05) is 60.1 Å². The minimum absolute atomic E-state index is 0.153. The molecule has 0 aromatic heterocycles. The molecule has 0 spiro atoms. The van der Waals surface area contributed by atoms with Crippen LogP contribution in [0.2, 0.25) is 0 Å². The number of rotatable bonds is 13. The minimum Gasteiger partial charge on any atom is -0.378 e. The van der Waals surface area contributed by atoms with E-state index in [-0.39, 0.29) is 21.7 Å². The Hall–Kier alpha value is -4.39. The average Bonchev–Trinajstić information content (AvgIpc) is 3.08. The molecule has 1 amide bonds. The zero-order chi connectivity index (χ0) is 34.4. The molecule has 1 fully saturated rings. The van der Waals surface area contributed by atoms with Crippen molar-refractivity contribution in [2.24, 2.45) is 0 Å². The second-order valence-electron chi connectivity index (χ2n) is 12.6. The highest BCUT2D eigenvalue weighted by Crippen LogP contribution is 2.34. The fourth-order valence-corrected chi connectivity index (χ4v) is 7.72. The molecule has 0 unspecified atom stereocenters. The van der Waals surface area contributed by atoms with Crippen molar-refractivity contribution in [1.82, 2.24) is 4.72 Å². The van der Waals surface area contributed by atoms with E-state index in [1.54, 1.807) is 43.1 Å². The highest BCUT2D eigenvalue weighted by Gasteiger charge is 2.35. The molecular formula is C36H40N4O6S2. The summed E-state index contributed by atoms with van der Waals surface area (Å²) in [6.45, 7) is 5.36. The number of piperidine rings is 1. The fraction of sp³-hybridized carbons (Fsp3) is 0.306. The van der Waals surface area contributed by atoms with Crippen LogP contribution in [-0.2, 0) is 21.2 Å². The molecule has 2 N–H and O–H groups in total. The van der Waals surface area contributed by atoms with Gasteiger partial charge < -0.3 is 15.0 Å². The normalized spacial score (nSPS) is 14.7. The number of thioether (sulfide) groups is 1. The number of anilines is 2. The zero-order valence-corrected chi connectivity index (χ0v) is 28.9. The van der Waals surface area contributed by atoms with E-state index in [0.717, 1.165) is 49.0 Å². The summed E-state index contributed by atoms with van der Waals surface area (Å²) in [7, 11) is -2.64. The van der Waals surface area contributed by atoms with Crippen LogP contribution in [0.5, 0.6) is 0 Å². The molecule has 1 saturated heterocycles. The van der Waals surface area contributed by atoms with Gasteiger partial charge in [-0.2, -0.15) is 0 Å². The van der Waals surface area contributed by atoms with Crippen LogP contribution in [0, 0.1) is 10.1 Å². The molecule has 0 bridgehead atoms. The fourth-order valence-electron chi connectivity index (χ4n) is 5.77. The van der Waals surface area contributed by atoms with E-state index in [1.165, 1.54) is 17.7 Å². The van der Waals surface area contributed by atoms with Gasteiger partial charge in [-0.05, 0) is 80.8 Å². The molecule has 48 heavy (non-hydrogen) atoms. The first-order valence-electron chi connectivity index (χ1n) is 15.6. The van der Waals surface area contributed by atoms with Gasteiger partial charge in [0.15, 0.2) is 0 Å². The lowest BCUT2D eigenvalue weighted by molar-refractivity contribution is -0.384. The maximum Gasteiger partial charge on any atom is 0.293 e. The maximum absolute atomic E-state index is 13.2. The summed E-state index contributed by atoms with van der Waals surface area (Å²) >= 11 is 1.60. The summed E-state index contributed by atoms with van der Waals surface area (Å²) in [6, 6.07) is 30.4. The minimum atomic E-state index is -4.40. The van der Waals surface area contributed by atoms with E-state index in [0.29, 0.717) is 5.75 Å². The number of hydrogen-bond acceptors (Lipinski definition) is 9. The number of nitro groups is 1. The Balaban J connectivity index is 1.21. The van der Waals surface area contributed by atoms with E-state index < -0.39 is 32.1 Å². The third-order valence-corrected chi connectivity index (χ3v) is 11.3. The first-order chi connectivity index (χ1) is 22.9. The molecule has 1 aliphatic rings. The van der Waals surface area contributed by atoms with E-state index in [9.17, 15) is 23.3 Å². The van der Waals surface area contributed by atoms with Gasteiger partial charge in [-0.3, -0.25) is 14.9 Å². The van der Waals surface area contributed by atoms with Gasteiger partial charge in [0.2, 0.25) is 0 Å². The van der Waals surface area contributed by atoms with Crippen LogP contribution in [0.15, 0.2) is 113 Å². The van der Waals surface area contributed by atoms with Crippen molar-refractivity contribution in [3.05, 3.63) is 124 Å². The van der Waals surface area contributed by atoms with Crippen molar-refractivity contribution in [1.29, 1.82) is 0 Å². The second-order valence-corrected chi connectivity index (χ2v) is 15.3. The van der Waals surface area contributed by atoms with Crippen LogP contribution in [-0.4, -0.2) is 56.3 Å². The van der Waals surface area contributed by atoms with Gasteiger partial charge >= 0.3 is 0 Å². The van der Waals surface area contributed by atoms with Crippen LogP contribution in [0.4, 0.5) is 17.1 Å². The standard InChI is InChI=1S/C36H40N4O6S2/c1-35(2,26-47-30-12-8-5-9-13-30)37-32-19-18-31(24-33(32)40(42)43)48(44,45)38-34(41)28-14-16-29(17-15-28)39-22-20-36(46-3,21-23-39)25-27-10-6-4-7-11-27/h4-19,24,37H,20-23,25-26H2,1-3H3,(H,38,41). The van der Waals surface area contributed by atoms with Crippen molar-refractivity contribution in [3.63, 3.8) is 0 Å². The summed E-state index contributed by atoms with van der Waals surface area (Å²) < 4.78 is 34.4. The van der Waals surface area contributed by atoms with E-state index in [2.05, 4.69) is 27.1 Å². The summed E-state index contributed by atoms with van der Waals surface area (Å²) in [6.07, 6.45) is 2.51. The molecular weight excluding hydrogens is 649 g/mol. The Morgan fingerprint density at radius 3 is 2.19 bits per heavy atom. The van der Waals surface area contributed by atoms with E-state index in [1.807, 2.05) is 62.4 Å². The lowest BCUT2D eigenvalue weighted by Crippen LogP contribution is -2.47. The molecule has 0 atom stereocenters. The number of sulfonamides is 1. The SMILES string of the molecule is COC1(Cc2ccccc2)CCN(c2ccc(C(=O)NS(=O)(=O)c3ccc(NC(C)(C)CSc4ccccc4)c([N+](=O)[O-])c3)cc2)CC1. The lowest BCUT2D eigenvalue weighted by atomic mass is 9.85. The maximum atomic E-state index is 13.2. The summed E-state index contributed by atoms with van der Waals surface area (Å²) in [5.74, 6) is -0.228. The number of carbonyl (C=O) groups excluding carboxylic acids is 1. The number of benzene rings is 4. The topological polar surface area (TPSA) is 131 Å². The van der Waals surface area contributed by atoms with Crippen LogP contribution in [0.25, 0.3) is 0 Å². The first kappa shape index (κ1) is 34.9. The average molecular weight is 689 g/mol. The van der Waals surface area contributed by atoms with Crippen molar-refractivity contribution < 1.29 is 22.9 Å². The van der Waals surface area contributed by atoms with Crippen molar-refractivity contribution in [2.45, 2.75) is 54.0 Å². The predicted octanol–water partition coefficient (Wildman–Crippen LogP) is 6.92. The van der Waals surface area contributed by atoms with Crippen LogP contribution in [0.1, 0.15) is 42.6 Å². The number of hydrogen-bond donors (Lipinski definition) is 2. The van der Waals surface area contributed by atoms with Crippen LogP contribution >= 0.6 is 11.8 Å². The lowest BCUT2D eigenvalue weighted by Gasteiger charge is -2.42. The van der Waals surface area contributed by atoms with Crippen LogP contribution in [0.3, 0.4) is 0 Å². The highest BCUT2D eigenvalue weighted by molar-refractivity contribution is 7.99. The van der Waals surface area contributed by atoms with Gasteiger partial charge in [-0.1, -0.05) is 48.5 Å². The van der Waals surface area contributed by atoms with Crippen molar-refractivity contribution >= 4 is 44.8 Å². The Bertz CT molecular complexity index is 1830. The van der Waals surface area contributed by atoms with Crippen molar-refractivity contribution in [2.75, 3.05) is 36.2 Å². The number of ether oxygens (including phenoxy) is 1.